The fourth-order valence-corrected chi connectivity index (χ4v) is 2.57. The first-order valence-corrected chi connectivity index (χ1v) is 9.51. The van der Waals surface area contributed by atoms with Crippen LogP contribution in [0.25, 0.3) is 0 Å². The topological polar surface area (TPSA) is 49.8 Å². The van der Waals surface area contributed by atoms with Crippen molar-refractivity contribution in [3.8, 4) is 0 Å². The number of hydrogen-bond acceptors (Lipinski definition) is 3. The molecule has 0 amide bonds. The van der Waals surface area contributed by atoms with Crippen LogP contribution < -0.4 is 0 Å². The summed E-state index contributed by atoms with van der Waals surface area (Å²) in [5, 5.41) is 8.60. The number of carbonyl (C=O) groups is 1. The predicted molar refractivity (Wildman–Crippen MR) is 102 cm³/mol. The highest BCUT2D eigenvalue weighted by Gasteiger charge is 2.35. The third-order valence-corrected chi connectivity index (χ3v) is 4.17. The lowest BCUT2D eigenvalue weighted by atomic mass is 10.1. The van der Waals surface area contributed by atoms with Crippen LogP contribution >= 0.6 is 0 Å². The van der Waals surface area contributed by atoms with Gasteiger partial charge in [-0.05, 0) is 44.9 Å². The molecule has 0 aromatic rings. The summed E-state index contributed by atoms with van der Waals surface area (Å²) in [5.74, 6) is -0.0712. The molecule has 0 radical (unpaired) electrons. The van der Waals surface area contributed by atoms with E-state index in [4.69, 9.17) is 9.84 Å². The van der Waals surface area contributed by atoms with Crippen LogP contribution in [-0.4, -0.2) is 29.7 Å². The Balaban J connectivity index is 0.00000576. The van der Waals surface area contributed by atoms with Crippen molar-refractivity contribution in [2.24, 2.45) is 0 Å². The summed E-state index contributed by atoms with van der Waals surface area (Å²) in [6, 6.07) is 0. The molecular weight excluding hydrogens is 300 g/mol. The summed E-state index contributed by atoms with van der Waals surface area (Å²) < 4.78 is 5.66. The molecule has 0 aromatic carbocycles. The van der Waals surface area contributed by atoms with Gasteiger partial charge in [-0.2, -0.15) is 0 Å². The summed E-state index contributed by atoms with van der Waals surface area (Å²) in [7, 11) is 0. The first-order valence-electron chi connectivity index (χ1n) is 9.51. The molecule has 0 aromatic heterocycles. The van der Waals surface area contributed by atoms with Crippen molar-refractivity contribution in [1.82, 2.24) is 0 Å². The van der Waals surface area contributed by atoms with Gasteiger partial charge in [0.05, 0.1) is 12.2 Å². The van der Waals surface area contributed by atoms with Crippen LogP contribution in [0.15, 0.2) is 36.5 Å². The Hall–Kier alpha value is -1.19. The van der Waals surface area contributed by atoms with Crippen molar-refractivity contribution in [3.63, 3.8) is 0 Å². The van der Waals surface area contributed by atoms with Gasteiger partial charge in [0.1, 0.15) is 6.61 Å². The van der Waals surface area contributed by atoms with Crippen LogP contribution in [0.1, 0.15) is 72.6 Å². The van der Waals surface area contributed by atoms with Crippen LogP contribution in [0.4, 0.5) is 0 Å². The lowest BCUT2D eigenvalue weighted by Gasteiger charge is -1.93. The molecule has 1 saturated heterocycles. The van der Waals surface area contributed by atoms with Crippen molar-refractivity contribution in [2.75, 3.05) is 6.61 Å². The number of aliphatic hydroxyl groups is 1. The molecule has 24 heavy (non-hydrogen) atoms. The highest BCUT2D eigenvalue weighted by atomic mass is 16.6. The van der Waals surface area contributed by atoms with Crippen LogP contribution in [-0.2, 0) is 9.53 Å². The summed E-state index contributed by atoms with van der Waals surface area (Å²) in [6.45, 7) is 1.91. The van der Waals surface area contributed by atoms with Gasteiger partial charge in [0.15, 0.2) is 5.78 Å². The molecule has 0 spiro atoms. The second kappa shape index (κ2) is 14.2. The predicted octanol–water partition coefficient (Wildman–Crippen LogP) is 5.15. The maximum absolute atomic E-state index is 10.9. The number of rotatable bonds is 15. The third-order valence-electron chi connectivity index (χ3n) is 4.17. The zero-order valence-corrected chi connectivity index (χ0v) is 15.2. The number of ketones is 1. The molecule has 3 nitrogen and oxygen atoms in total. The van der Waals surface area contributed by atoms with E-state index in [1.165, 1.54) is 25.7 Å². The maximum atomic E-state index is 10.9. The molecule has 0 bridgehead atoms. The van der Waals surface area contributed by atoms with Crippen molar-refractivity contribution in [1.29, 1.82) is 0 Å². The second-order valence-corrected chi connectivity index (χ2v) is 6.42. The lowest BCUT2D eigenvalue weighted by Crippen LogP contribution is -2.02. The van der Waals surface area contributed by atoms with E-state index in [-0.39, 0.29) is 13.8 Å². The van der Waals surface area contributed by atoms with Gasteiger partial charge in [-0.25, -0.2) is 0 Å². The Morgan fingerprint density at radius 2 is 1.58 bits per heavy atom. The Morgan fingerprint density at radius 1 is 0.958 bits per heavy atom. The Bertz CT molecular complexity index is 415. The van der Waals surface area contributed by atoms with E-state index < -0.39 is 0 Å². The first-order chi connectivity index (χ1) is 11.8. The molecule has 1 heterocycles. The minimum Gasteiger partial charge on any atom is -0.389 e. The Kier molecular flexibility index (Phi) is 12.3. The van der Waals surface area contributed by atoms with Crippen LogP contribution in [0, 0.1) is 0 Å². The molecule has 2 atom stereocenters. The number of allylic oxidation sites excluding steroid dienone is 4. The van der Waals surface area contributed by atoms with E-state index in [1.54, 1.807) is 0 Å². The summed E-state index contributed by atoms with van der Waals surface area (Å²) in [6.07, 6.45) is 24.3. The van der Waals surface area contributed by atoms with Crippen LogP contribution in [0.3, 0.4) is 0 Å². The van der Waals surface area contributed by atoms with Crippen LogP contribution in [0.2, 0.25) is 0 Å². The van der Waals surface area contributed by atoms with E-state index in [0.29, 0.717) is 18.6 Å². The molecule has 1 N–H and O–H groups in total. The fourth-order valence-electron chi connectivity index (χ4n) is 2.57. The summed E-state index contributed by atoms with van der Waals surface area (Å²) >= 11 is 0. The summed E-state index contributed by atoms with van der Waals surface area (Å²) in [5.41, 5.74) is 0. The molecule has 138 valence electrons. The largest absolute Gasteiger partial charge is 0.389 e. The van der Waals surface area contributed by atoms with Gasteiger partial charge in [-0.1, -0.05) is 56.2 Å². The molecule has 1 rings (SSSR count). The van der Waals surface area contributed by atoms with Gasteiger partial charge in [0.25, 0.3) is 0 Å². The Labute approximate surface area is 149 Å². The van der Waals surface area contributed by atoms with Gasteiger partial charge in [0, 0.05) is 7.85 Å². The van der Waals surface area contributed by atoms with Gasteiger partial charge in [-0.15, -0.1) is 0 Å². The van der Waals surface area contributed by atoms with E-state index in [0.717, 1.165) is 32.1 Å². The quantitative estimate of drug-likeness (QED) is 0.255. The summed E-state index contributed by atoms with van der Waals surface area (Å²) in [4.78, 5) is 10.9. The lowest BCUT2D eigenvalue weighted by molar-refractivity contribution is -0.121. The normalized spacial score (nSPS) is 20.6. The zero-order chi connectivity index (χ0) is 17.5. The average Bonchev–Trinajstić information content (AvgIpc) is 3.34. The Morgan fingerprint density at radius 3 is 2.29 bits per heavy atom. The second-order valence-electron chi connectivity index (χ2n) is 6.42. The van der Waals surface area contributed by atoms with Crippen molar-refractivity contribution in [2.45, 2.75) is 83.3 Å². The van der Waals surface area contributed by atoms with E-state index in [9.17, 15) is 4.79 Å². The van der Waals surface area contributed by atoms with Gasteiger partial charge >= 0.3 is 0 Å². The van der Waals surface area contributed by atoms with Crippen molar-refractivity contribution >= 4 is 5.78 Å². The number of carbonyl (C=O) groups excluding carboxylic acids is 1. The molecule has 1 aliphatic heterocycles. The van der Waals surface area contributed by atoms with Crippen LogP contribution in [0.5, 0.6) is 0 Å². The van der Waals surface area contributed by atoms with Gasteiger partial charge in [0.2, 0.25) is 0 Å². The zero-order valence-electron chi connectivity index (χ0n) is 15.2. The monoisotopic (exact) mass is 336 g/mol. The number of aliphatic hydroxyl groups excluding tert-OH is 1. The van der Waals surface area contributed by atoms with Crippen molar-refractivity contribution < 1.29 is 16.1 Å². The number of ether oxygens (including phenoxy) is 1. The van der Waals surface area contributed by atoms with E-state index in [1.807, 2.05) is 0 Å². The standard InChI is InChI=1S/C21H34O3.H2/c1-2-3-4-5-10-13-16-20-21(24-20)17-14-11-8-6-7-9-12-15-19(23)18-22;/h6-7,10-11,13-14,20-22H,2-5,8-9,12,15-18H2,1H3;1H/b7-6+,13-10+,14-11+;. The van der Waals surface area contributed by atoms with Crippen molar-refractivity contribution in [3.05, 3.63) is 36.5 Å². The van der Waals surface area contributed by atoms with E-state index >= 15 is 0 Å². The highest BCUT2D eigenvalue weighted by molar-refractivity contribution is 5.79. The number of epoxide rings is 1. The number of hydrogen-bond donors (Lipinski definition) is 1. The smallest absolute Gasteiger partial charge is 0.158 e. The molecule has 1 fully saturated rings. The first kappa shape index (κ1) is 20.9. The molecule has 1 aliphatic rings. The molecule has 3 heteroatoms. The van der Waals surface area contributed by atoms with Gasteiger partial charge in [-0.3, -0.25) is 4.79 Å². The fraction of sp³-hybridized carbons (Fsp3) is 0.667. The molecule has 0 aliphatic carbocycles. The molecular formula is C21H36O3. The average molecular weight is 337 g/mol. The third kappa shape index (κ3) is 11.4. The van der Waals surface area contributed by atoms with E-state index in [2.05, 4.69) is 43.4 Å². The molecule has 0 saturated carbocycles. The molecule has 2 unspecified atom stereocenters. The minimum atomic E-state index is -0.328. The highest BCUT2D eigenvalue weighted by Crippen LogP contribution is 2.29. The van der Waals surface area contributed by atoms with Gasteiger partial charge < -0.3 is 9.84 Å². The number of Topliss-reactive ketones (excluding diaryl/α,β-unsaturated/α-hetero) is 1. The minimum absolute atomic E-state index is 0. The SMILES string of the molecule is CCCCC/C=C/CC1OC1C/C=C/C/C=C/CCCC(=O)CO.[HH]. The number of unbranched alkanes of at least 4 members (excludes halogenated alkanes) is 4. The maximum Gasteiger partial charge on any atom is 0.158 e.